The summed E-state index contributed by atoms with van der Waals surface area (Å²) < 4.78 is 5.71. The molecular weight excluding hydrogens is 270 g/mol. The molecule has 1 aromatic rings. The van der Waals surface area contributed by atoms with Crippen molar-refractivity contribution in [2.45, 2.75) is 46.1 Å². The lowest BCUT2D eigenvalue weighted by atomic mass is 9.98. The number of aliphatic carboxylic acids is 1. The molecule has 0 saturated carbocycles. The Morgan fingerprint density at radius 2 is 1.95 bits per heavy atom. The summed E-state index contributed by atoms with van der Waals surface area (Å²) in [5.74, 6) is -0.537. The van der Waals surface area contributed by atoms with Crippen LogP contribution < -0.4 is 10.1 Å². The molecule has 1 rings (SSSR count). The number of benzene rings is 1. The number of carbonyl (C=O) groups excluding carboxylic acids is 1. The van der Waals surface area contributed by atoms with E-state index in [0.29, 0.717) is 11.7 Å². The van der Waals surface area contributed by atoms with Crippen LogP contribution in [0.3, 0.4) is 0 Å². The standard InChI is InChI=1S/C16H23NO4/c1-10(2)13-7-6-12(8-11(13)3)21-16(4,5)15(20)17-9-14(18)19/h6-8,10H,9H2,1-5H3,(H,17,20)(H,18,19). The van der Waals surface area contributed by atoms with Gasteiger partial charge in [-0.1, -0.05) is 19.9 Å². The molecule has 0 aromatic heterocycles. The summed E-state index contributed by atoms with van der Waals surface area (Å²) in [5, 5.41) is 10.9. The van der Waals surface area contributed by atoms with Crippen LogP contribution in [-0.4, -0.2) is 29.1 Å². The Hall–Kier alpha value is -2.04. The second-order valence-corrected chi connectivity index (χ2v) is 5.86. The number of carboxylic acids is 1. The summed E-state index contributed by atoms with van der Waals surface area (Å²) in [6.07, 6.45) is 0. The second-order valence-electron chi connectivity index (χ2n) is 5.86. The number of carboxylic acid groups (broad SMARTS) is 1. The Kier molecular flexibility index (Phi) is 5.35. The van der Waals surface area contributed by atoms with E-state index in [2.05, 4.69) is 19.2 Å². The molecule has 0 heterocycles. The van der Waals surface area contributed by atoms with Crippen LogP contribution in [0, 0.1) is 6.92 Å². The number of carbonyl (C=O) groups is 2. The van der Waals surface area contributed by atoms with Gasteiger partial charge < -0.3 is 15.2 Å². The molecule has 0 radical (unpaired) electrons. The molecule has 5 heteroatoms. The Labute approximate surface area is 125 Å². The lowest BCUT2D eigenvalue weighted by Crippen LogP contribution is -2.47. The summed E-state index contributed by atoms with van der Waals surface area (Å²) in [7, 11) is 0. The minimum Gasteiger partial charge on any atom is -0.480 e. The average molecular weight is 293 g/mol. The monoisotopic (exact) mass is 293 g/mol. The molecule has 5 nitrogen and oxygen atoms in total. The van der Waals surface area contributed by atoms with Gasteiger partial charge in [-0.15, -0.1) is 0 Å². The summed E-state index contributed by atoms with van der Waals surface area (Å²) in [4.78, 5) is 22.4. The van der Waals surface area contributed by atoms with Gasteiger partial charge in [0.25, 0.3) is 5.91 Å². The fourth-order valence-corrected chi connectivity index (χ4v) is 2.07. The van der Waals surface area contributed by atoms with Crippen LogP contribution in [0.4, 0.5) is 0 Å². The predicted octanol–water partition coefficient (Wildman–Crippen LogP) is 2.48. The average Bonchev–Trinajstić information content (AvgIpc) is 2.34. The van der Waals surface area contributed by atoms with Crippen LogP contribution in [0.15, 0.2) is 18.2 Å². The molecular formula is C16H23NO4. The molecule has 0 aliphatic heterocycles. The largest absolute Gasteiger partial charge is 0.480 e. The quantitative estimate of drug-likeness (QED) is 0.845. The fraction of sp³-hybridized carbons (Fsp3) is 0.500. The minimum atomic E-state index is -1.14. The van der Waals surface area contributed by atoms with Crippen molar-refractivity contribution in [2.24, 2.45) is 0 Å². The first kappa shape index (κ1) is 17.0. The molecule has 1 aromatic carbocycles. The van der Waals surface area contributed by atoms with E-state index in [1.165, 1.54) is 5.56 Å². The van der Waals surface area contributed by atoms with Gasteiger partial charge in [0.15, 0.2) is 5.60 Å². The van der Waals surface area contributed by atoms with Crippen molar-refractivity contribution >= 4 is 11.9 Å². The molecule has 2 N–H and O–H groups in total. The lowest BCUT2D eigenvalue weighted by molar-refractivity contribution is -0.141. The third kappa shape index (κ3) is 4.77. The normalized spacial score (nSPS) is 11.3. The van der Waals surface area contributed by atoms with Crippen molar-refractivity contribution in [3.8, 4) is 5.75 Å². The van der Waals surface area contributed by atoms with E-state index < -0.39 is 24.0 Å². The van der Waals surface area contributed by atoms with Gasteiger partial charge in [-0.3, -0.25) is 9.59 Å². The van der Waals surface area contributed by atoms with Gasteiger partial charge in [-0.25, -0.2) is 0 Å². The topological polar surface area (TPSA) is 75.6 Å². The van der Waals surface area contributed by atoms with Crippen molar-refractivity contribution in [1.82, 2.24) is 5.32 Å². The number of ether oxygens (including phenoxy) is 1. The van der Waals surface area contributed by atoms with E-state index in [1.54, 1.807) is 13.8 Å². The lowest BCUT2D eigenvalue weighted by Gasteiger charge is -2.25. The molecule has 21 heavy (non-hydrogen) atoms. The summed E-state index contributed by atoms with van der Waals surface area (Å²) in [6.45, 7) is 9.03. The third-order valence-electron chi connectivity index (χ3n) is 3.18. The van der Waals surface area contributed by atoms with Crippen LogP contribution in [0.25, 0.3) is 0 Å². The summed E-state index contributed by atoms with van der Waals surface area (Å²) in [6, 6.07) is 5.71. The highest BCUT2D eigenvalue weighted by molar-refractivity contribution is 5.87. The Morgan fingerprint density at radius 1 is 1.33 bits per heavy atom. The molecule has 0 unspecified atom stereocenters. The molecule has 0 aliphatic carbocycles. The van der Waals surface area contributed by atoms with E-state index in [9.17, 15) is 9.59 Å². The predicted molar refractivity (Wildman–Crippen MR) is 80.6 cm³/mol. The van der Waals surface area contributed by atoms with Crippen LogP contribution in [0.5, 0.6) is 5.75 Å². The maximum Gasteiger partial charge on any atom is 0.322 e. The number of nitrogens with one attached hydrogen (secondary N) is 1. The number of aryl methyl sites for hydroxylation is 1. The highest BCUT2D eigenvalue weighted by Gasteiger charge is 2.30. The molecule has 0 bridgehead atoms. The molecule has 0 atom stereocenters. The van der Waals surface area contributed by atoms with Crippen molar-refractivity contribution < 1.29 is 19.4 Å². The molecule has 0 saturated heterocycles. The van der Waals surface area contributed by atoms with Crippen LogP contribution in [0.2, 0.25) is 0 Å². The van der Waals surface area contributed by atoms with E-state index in [4.69, 9.17) is 9.84 Å². The van der Waals surface area contributed by atoms with E-state index in [0.717, 1.165) is 5.56 Å². The maximum atomic E-state index is 11.9. The van der Waals surface area contributed by atoms with E-state index in [1.807, 2.05) is 25.1 Å². The Bertz CT molecular complexity index is 535. The number of hydrogen-bond donors (Lipinski definition) is 2. The number of hydrogen-bond acceptors (Lipinski definition) is 3. The van der Waals surface area contributed by atoms with Gasteiger partial charge >= 0.3 is 5.97 Å². The first-order valence-corrected chi connectivity index (χ1v) is 6.93. The first-order chi connectivity index (χ1) is 9.63. The van der Waals surface area contributed by atoms with Crippen LogP contribution >= 0.6 is 0 Å². The maximum absolute atomic E-state index is 11.9. The first-order valence-electron chi connectivity index (χ1n) is 6.93. The zero-order chi connectivity index (χ0) is 16.2. The smallest absolute Gasteiger partial charge is 0.322 e. The molecule has 116 valence electrons. The molecule has 0 spiro atoms. The number of amides is 1. The van der Waals surface area contributed by atoms with Crippen molar-refractivity contribution in [1.29, 1.82) is 0 Å². The van der Waals surface area contributed by atoms with E-state index >= 15 is 0 Å². The van der Waals surface area contributed by atoms with Gasteiger partial charge in [-0.05, 0) is 49.9 Å². The van der Waals surface area contributed by atoms with Gasteiger partial charge in [0.1, 0.15) is 12.3 Å². The minimum absolute atomic E-state index is 0.420. The van der Waals surface area contributed by atoms with Crippen LogP contribution in [0.1, 0.15) is 44.7 Å². The van der Waals surface area contributed by atoms with Gasteiger partial charge in [0, 0.05) is 0 Å². The summed E-state index contributed by atoms with van der Waals surface area (Å²) in [5.41, 5.74) is 1.20. The van der Waals surface area contributed by atoms with E-state index in [-0.39, 0.29) is 0 Å². The molecule has 1 amide bonds. The Morgan fingerprint density at radius 3 is 2.43 bits per heavy atom. The highest BCUT2D eigenvalue weighted by Crippen LogP contribution is 2.26. The highest BCUT2D eigenvalue weighted by atomic mass is 16.5. The van der Waals surface area contributed by atoms with Crippen molar-refractivity contribution in [3.63, 3.8) is 0 Å². The summed E-state index contributed by atoms with van der Waals surface area (Å²) >= 11 is 0. The SMILES string of the molecule is Cc1cc(OC(C)(C)C(=O)NCC(=O)O)ccc1C(C)C. The molecule has 0 fully saturated rings. The molecule has 0 aliphatic rings. The van der Waals surface area contributed by atoms with Crippen molar-refractivity contribution in [3.05, 3.63) is 29.3 Å². The fourth-order valence-electron chi connectivity index (χ4n) is 2.07. The second kappa shape index (κ2) is 6.61. The zero-order valence-electron chi connectivity index (χ0n) is 13.2. The number of rotatable bonds is 6. The van der Waals surface area contributed by atoms with Crippen molar-refractivity contribution in [2.75, 3.05) is 6.54 Å². The van der Waals surface area contributed by atoms with Gasteiger partial charge in [-0.2, -0.15) is 0 Å². The zero-order valence-corrected chi connectivity index (χ0v) is 13.2. The third-order valence-corrected chi connectivity index (χ3v) is 3.18. The van der Waals surface area contributed by atoms with Gasteiger partial charge in [0.05, 0.1) is 0 Å². The van der Waals surface area contributed by atoms with Crippen LogP contribution in [-0.2, 0) is 9.59 Å². The Balaban J connectivity index is 2.81. The van der Waals surface area contributed by atoms with Gasteiger partial charge in [0.2, 0.25) is 0 Å².